The number of benzene rings is 1. The molecule has 1 aliphatic heterocycles. The van der Waals surface area contributed by atoms with Crippen LogP contribution in [0.15, 0.2) is 24.3 Å². The maximum Gasteiger partial charge on any atom is 0.305 e. The second kappa shape index (κ2) is 6.53. The van der Waals surface area contributed by atoms with Crippen molar-refractivity contribution in [1.82, 2.24) is 5.32 Å². The Hall–Kier alpha value is -1.15. The van der Waals surface area contributed by atoms with Crippen LogP contribution in [-0.4, -0.2) is 35.7 Å². The van der Waals surface area contributed by atoms with E-state index in [1.54, 1.807) is 0 Å². The molecule has 2 N–H and O–H groups in total. The number of ether oxygens (including phenoxy) is 1. The van der Waals surface area contributed by atoms with Gasteiger partial charge >= 0.3 is 5.97 Å². The summed E-state index contributed by atoms with van der Waals surface area (Å²) in [4.78, 5) is 23.1. The quantitative estimate of drug-likeness (QED) is 0.751. The minimum absolute atomic E-state index is 0.107. The number of aliphatic carboxylic acids is 1. The Morgan fingerprint density at radius 1 is 1.40 bits per heavy atom. The summed E-state index contributed by atoms with van der Waals surface area (Å²) in [5.41, 5.74) is 0.179. The van der Waals surface area contributed by atoms with Gasteiger partial charge in [-0.3, -0.25) is 9.59 Å². The number of amides is 1. The van der Waals surface area contributed by atoms with Gasteiger partial charge in [-0.2, -0.15) is 0 Å². The summed E-state index contributed by atoms with van der Waals surface area (Å²) in [6, 6.07) is 7.64. The van der Waals surface area contributed by atoms with Crippen molar-refractivity contribution in [2.24, 2.45) is 0 Å². The zero-order chi connectivity index (χ0) is 14.6. The predicted octanol–water partition coefficient (Wildman–Crippen LogP) is 1.58. The van der Waals surface area contributed by atoms with Crippen molar-refractivity contribution >= 4 is 34.5 Å². The third kappa shape index (κ3) is 3.92. The van der Waals surface area contributed by atoms with Gasteiger partial charge in [-0.15, -0.1) is 0 Å². The zero-order valence-electron chi connectivity index (χ0n) is 10.9. The summed E-state index contributed by atoms with van der Waals surface area (Å²) in [5, 5.41) is 11.8. The predicted molar refractivity (Wildman–Crippen MR) is 81.4 cm³/mol. The number of hydrogen-bond donors (Lipinski definition) is 2. The fourth-order valence-corrected chi connectivity index (χ4v) is 2.91. The summed E-state index contributed by atoms with van der Waals surface area (Å²) in [7, 11) is 0. The standard InChI is InChI=1S/C14H16INO4/c15-11-4-2-1-3-10(11)7-12(17)16-14(8-13(18)19)5-6-20-9-14/h1-4H,5-9H2,(H,16,17)(H,18,19). The molecular weight excluding hydrogens is 373 g/mol. The maximum atomic E-state index is 12.1. The van der Waals surface area contributed by atoms with Gasteiger partial charge < -0.3 is 15.2 Å². The fourth-order valence-electron chi connectivity index (χ4n) is 2.33. The monoisotopic (exact) mass is 389 g/mol. The van der Waals surface area contributed by atoms with Gasteiger partial charge in [-0.1, -0.05) is 18.2 Å². The van der Waals surface area contributed by atoms with Crippen LogP contribution in [0.5, 0.6) is 0 Å². The molecule has 5 nitrogen and oxygen atoms in total. The third-order valence-electron chi connectivity index (χ3n) is 3.31. The highest BCUT2D eigenvalue weighted by atomic mass is 127. The second-order valence-corrected chi connectivity index (χ2v) is 6.13. The van der Waals surface area contributed by atoms with Crippen molar-refractivity contribution in [1.29, 1.82) is 0 Å². The average Bonchev–Trinajstić information content (AvgIpc) is 2.79. The van der Waals surface area contributed by atoms with Crippen molar-refractivity contribution in [3.8, 4) is 0 Å². The third-order valence-corrected chi connectivity index (χ3v) is 4.36. The van der Waals surface area contributed by atoms with Crippen LogP contribution in [-0.2, 0) is 20.7 Å². The molecule has 1 amide bonds. The van der Waals surface area contributed by atoms with Gasteiger partial charge in [0.15, 0.2) is 0 Å². The molecule has 1 aromatic carbocycles. The van der Waals surface area contributed by atoms with Gasteiger partial charge in [0.25, 0.3) is 0 Å². The summed E-state index contributed by atoms with van der Waals surface area (Å²) >= 11 is 2.18. The maximum absolute atomic E-state index is 12.1. The number of hydrogen-bond acceptors (Lipinski definition) is 3. The Balaban J connectivity index is 2.02. The van der Waals surface area contributed by atoms with Crippen LogP contribution in [0.4, 0.5) is 0 Å². The van der Waals surface area contributed by atoms with Crippen LogP contribution in [0.1, 0.15) is 18.4 Å². The zero-order valence-corrected chi connectivity index (χ0v) is 13.1. The fraction of sp³-hybridized carbons (Fsp3) is 0.429. The van der Waals surface area contributed by atoms with Crippen LogP contribution in [0, 0.1) is 3.57 Å². The van der Waals surface area contributed by atoms with Gasteiger partial charge in [-0.05, 0) is 40.6 Å². The van der Waals surface area contributed by atoms with Crippen LogP contribution >= 0.6 is 22.6 Å². The van der Waals surface area contributed by atoms with E-state index < -0.39 is 11.5 Å². The molecular formula is C14H16INO4. The van der Waals surface area contributed by atoms with E-state index in [4.69, 9.17) is 9.84 Å². The van der Waals surface area contributed by atoms with Crippen LogP contribution in [0.2, 0.25) is 0 Å². The Bertz CT molecular complexity index is 512. The van der Waals surface area contributed by atoms with E-state index in [9.17, 15) is 9.59 Å². The van der Waals surface area contributed by atoms with E-state index >= 15 is 0 Å². The van der Waals surface area contributed by atoms with E-state index in [1.165, 1.54) is 0 Å². The number of halogens is 1. The molecule has 1 saturated heterocycles. The minimum Gasteiger partial charge on any atom is -0.481 e. The second-order valence-electron chi connectivity index (χ2n) is 4.97. The Labute approximate surface area is 130 Å². The van der Waals surface area contributed by atoms with E-state index in [2.05, 4.69) is 27.9 Å². The van der Waals surface area contributed by atoms with Crippen molar-refractivity contribution in [2.75, 3.05) is 13.2 Å². The summed E-state index contributed by atoms with van der Waals surface area (Å²) < 4.78 is 6.28. The topological polar surface area (TPSA) is 75.6 Å². The van der Waals surface area contributed by atoms with Gasteiger partial charge in [-0.25, -0.2) is 0 Å². The lowest BCUT2D eigenvalue weighted by atomic mass is 9.94. The summed E-state index contributed by atoms with van der Waals surface area (Å²) in [6.45, 7) is 0.743. The highest BCUT2D eigenvalue weighted by Crippen LogP contribution is 2.23. The normalized spacial score (nSPS) is 21.6. The Kier molecular flexibility index (Phi) is 4.98. The molecule has 6 heteroatoms. The molecule has 1 aliphatic rings. The highest BCUT2D eigenvalue weighted by Gasteiger charge is 2.38. The smallest absolute Gasteiger partial charge is 0.305 e. The van der Waals surface area contributed by atoms with Gasteiger partial charge in [0.2, 0.25) is 5.91 Å². The van der Waals surface area contributed by atoms with E-state index in [0.717, 1.165) is 9.13 Å². The minimum atomic E-state index is -0.926. The number of rotatable bonds is 5. The van der Waals surface area contributed by atoms with Crippen molar-refractivity contribution in [2.45, 2.75) is 24.8 Å². The lowest BCUT2D eigenvalue weighted by Crippen LogP contribution is -2.51. The van der Waals surface area contributed by atoms with Crippen LogP contribution in [0.25, 0.3) is 0 Å². The molecule has 1 unspecified atom stereocenters. The lowest BCUT2D eigenvalue weighted by Gasteiger charge is -2.27. The first-order chi connectivity index (χ1) is 9.51. The van der Waals surface area contributed by atoms with E-state index in [-0.39, 0.29) is 25.4 Å². The number of carbonyl (C=O) groups is 2. The molecule has 0 aromatic heterocycles. The molecule has 1 atom stereocenters. The van der Waals surface area contributed by atoms with E-state index in [0.29, 0.717) is 13.0 Å². The molecule has 1 heterocycles. The van der Waals surface area contributed by atoms with Gasteiger partial charge in [0, 0.05) is 10.2 Å². The highest BCUT2D eigenvalue weighted by molar-refractivity contribution is 14.1. The molecule has 20 heavy (non-hydrogen) atoms. The van der Waals surface area contributed by atoms with E-state index in [1.807, 2.05) is 24.3 Å². The summed E-state index contributed by atoms with van der Waals surface area (Å²) in [6.07, 6.45) is 0.683. The molecule has 1 aromatic rings. The first-order valence-electron chi connectivity index (χ1n) is 6.35. The van der Waals surface area contributed by atoms with Crippen LogP contribution < -0.4 is 5.32 Å². The largest absolute Gasteiger partial charge is 0.481 e. The molecule has 0 aliphatic carbocycles. The number of carboxylic acids is 1. The molecule has 1 fully saturated rings. The average molecular weight is 389 g/mol. The van der Waals surface area contributed by atoms with Gasteiger partial charge in [0.1, 0.15) is 0 Å². The lowest BCUT2D eigenvalue weighted by molar-refractivity contribution is -0.139. The molecule has 108 valence electrons. The van der Waals surface area contributed by atoms with Crippen LogP contribution in [0.3, 0.4) is 0 Å². The molecule has 0 saturated carbocycles. The Morgan fingerprint density at radius 2 is 2.15 bits per heavy atom. The van der Waals surface area contributed by atoms with Gasteiger partial charge in [0.05, 0.1) is 25.0 Å². The number of carboxylic acid groups (broad SMARTS) is 1. The Morgan fingerprint density at radius 3 is 2.75 bits per heavy atom. The van der Waals surface area contributed by atoms with Crippen molar-refractivity contribution in [3.63, 3.8) is 0 Å². The first kappa shape index (κ1) is 15.2. The molecule has 2 rings (SSSR count). The molecule has 0 spiro atoms. The summed E-state index contributed by atoms with van der Waals surface area (Å²) in [5.74, 6) is -1.09. The van der Waals surface area contributed by atoms with Crippen molar-refractivity contribution < 1.29 is 19.4 Å². The first-order valence-corrected chi connectivity index (χ1v) is 7.43. The SMILES string of the molecule is O=C(O)CC1(NC(=O)Cc2ccccc2I)CCOC1. The van der Waals surface area contributed by atoms with Crippen molar-refractivity contribution in [3.05, 3.63) is 33.4 Å². The number of carbonyl (C=O) groups excluding carboxylic acids is 1. The number of nitrogens with one attached hydrogen (secondary N) is 1. The molecule has 0 bridgehead atoms. The molecule has 0 radical (unpaired) electrons.